The minimum atomic E-state index is -0.595. The van der Waals surface area contributed by atoms with Crippen LogP contribution in [0.3, 0.4) is 0 Å². The van der Waals surface area contributed by atoms with Crippen molar-refractivity contribution in [2.45, 2.75) is 38.8 Å². The van der Waals surface area contributed by atoms with Crippen LogP contribution >= 0.6 is 0 Å². The Bertz CT molecular complexity index is 194. The molecule has 0 aliphatic heterocycles. The van der Waals surface area contributed by atoms with Crippen LogP contribution in [-0.2, 0) is 0 Å². The third-order valence-electron chi connectivity index (χ3n) is 2.61. The summed E-state index contributed by atoms with van der Waals surface area (Å²) in [6.07, 6.45) is 2.14. The first-order valence-corrected chi connectivity index (χ1v) is 6.17. The zero-order valence-electron chi connectivity index (χ0n) is 10.7. The fourth-order valence-electron chi connectivity index (χ4n) is 1.42. The number of nitrogens with one attached hydrogen (secondary N) is 3. The minimum absolute atomic E-state index is 0.268. The summed E-state index contributed by atoms with van der Waals surface area (Å²) in [6, 6.07) is -0.478. The second-order valence-electron chi connectivity index (χ2n) is 3.93. The number of aliphatic hydroxyl groups is 2. The van der Waals surface area contributed by atoms with Crippen molar-refractivity contribution in [2.75, 3.05) is 26.3 Å². The molecular formula is C11H25N3O3. The third-order valence-corrected chi connectivity index (χ3v) is 2.61. The molecule has 102 valence electrons. The van der Waals surface area contributed by atoms with Gasteiger partial charge in [-0.2, -0.15) is 0 Å². The molecule has 0 aromatic rings. The van der Waals surface area contributed by atoms with Gasteiger partial charge in [-0.1, -0.05) is 13.8 Å². The molecule has 5 N–H and O–H groups in total. The molecule has 6 nitrogen and oxygen atoms in total. The first-order valence-electron chi connectivity index (χ1n) is 6.17. The number of carbonyl (C=O) groups excluding carboxylic acids is 1. The van der Waals surface area contributed by atoms with E-state index in [0.717, 1.165) is 12.8 Å². The SMILES string of the molecule is CCC(CC)NCCNC(=O)NC(CO)CO. The molecule has 0 saturated carbocycles. The number of carbonyl (C=O) groups is 1. The Morgan fingerprint density at radius 3 is 2.12 bits per heavy atom. The molecule has 0 saturated heterocycles. The van der Waals surface area contributed by atoms with Gasteiger partial charge >= 0.3 is 6.03 Å². The Balaban J connectivity index is 3.57. The molecule has 0 spiro atoms. The van der Waals surface area contributed by atoms with Gasteiger partial charge in [0.05, 0.1) is 19.3 Å². The fraction of sp³-hybridized carbons (Fsp3) is 0.909. The Hall–Kier alpha value is -0.850. The van der Waals surface area contributed by atoms with Crippen molar-refractivity contribution < 1.29 is 15.0 Å². The average Bonchev–Trinajstić information content (AvgIpc) is 2.36. The predicted octanol–water partition coefficient (Wildman–Crippen LogP) is -0.583. The largest absolute Gasteiger partial charge is 0.394 e. The molecule has 0 radical (unpaired) electrons. The molecule has 0 unspecified atom stereocenters. The molecule has 0 heterocycles. The van der Waals surface area contributed by atoms with Gasteiger partial charge in [-0.3, -0.25) is 0 Å². The molecule has 2 amide bonds. The zero-order valence-corrected chi connectivity index (χ0v) is 10.7. The van der Waals surface area contributed by atoms with E-state index < -0.39 is 6.04 Å². The highest BCUT2D eigenvalue weighted by atomic mass is 16.3. The van der Waals surface area contributed by atoms with Gasteiger partial charge in [0.1, 0.15) is 0 Å². The molecule has 0 atom stereocenters. The summed E-state index contributed by atoms with van der Waals surface area (Å²) in [7, 11) is 0. The van der Waals surface area contributed by atoms with E-state index in [9.17, 15) is 4.79 Å². The smallest absolute Gasteiger partial charge is 0.315 e. The summed E-state index contributed by atoms with van der Waals surface area (Å²) in [6.45, 7) is 4.93. The van der Waals surface area contributed by atoms with E-state index >= 15 is 0 Å². The van der Waals surface area contributed by atoms with Crippen molar-refractivity contribution in [1.82, 2.24) is 16.0 Å². The van der Waals surface area contributed by atoms with Crippen LogP contribution < -0.4 is 16.0 Å². The van der Waals surface area contributed by atoms with Crippen LogP contribution in [0.4, 0.5) is 4.79 Å². The summed E-state index contributed by atoms with van der Waals surface area (Å²) in [5.74, 6) is 0. The highest BCUT2D eigenvalue weighted by Gasteiger charge is 2.09. The predicted molar refractivity (Wildman–Crippen MR) is 66.9 cm³/mol. The van der Waals surface area contributed by atoms with Gasteiger partial charge in [0.2, 0.25) is 0 Å². The van der Waals surface area contributed by atoms with Crippen molar-refractivity contribution in [1.29, 1.82) is 0 Å². The van der Waals surface area contributed by atoms with E-state index in [1.165, 1.54) is 0 Å². The molecule has 0 aromatic carbocycles. The van der Waals surface area contributed by atoms with Crippen LogP contribution in [0.1, 0.15) is 26.7 Å². The van der Waals surface area contributed by atoms with Crippen LogP contribution in [0.15, 0.2) is 0 Å². The van der Waals surface area contributed by atoms with E-state index in [2.05, 4.69) is 29.8 Å². The molecule has 0 rings (SSSR count). The van der Waals surface area contributed by atoms with Crippen molar-refractivity contribution in [3.63, 3.8) is 0 Å². The van der Waals surface area contributed by atoms with Crippen molar-refractivity contribution in [3.8, 4) is 0 Å². The fourth-order valence-corrected chi connectivity index (χ4v) is 1.42. The lowest BCUT2D eigenvalue weighted by atomic mass is 10.2. The molecule has 17 heavy (non-hydrogen) atoms. The second-order valence-corrected chi connectivity index (χ2v) is 3.93. The number of hydrogen-bond acceptors (Lipinski definition) is 4. The standard InChI is InChI=1S/C11H25N3O3/c1-3-9(4-2)12-5-6-13-11(17)14-10(7-15)8-16/h9-10,12,15-16H,3-8H2,1-2H3,(H2,13,14,17). The van der Waals surface area contributed by atoms with Crippen LogP contribution in [0.5, 0.6) is 0 Å². The normalized spacial score (nSPS) is 10.9. The Labute approximate surface area is 103 Å². The number of aliphatic hydroxyl groups excluding tert-OH is 2. The Morgan fingerprint density at radius 2 is 1.65 bits per heavy atom. The van der Waals surface area contributed by atoms with Crippen LogP contribution in [-0.4, -0.2) is 54.6 Å². The van der Waals surface area contributed by atoms with E-state index in [-0.39, 0.29) is 19.2 Å². The van der Waals surface area contributed by atoms with Gasteiger partial charge in [0.25, 0.3) is 0 Å². The number of amides is 2. The maximum absolute atomic E-state index is 11.3. The molecule has 0 aliphatic carbocycles. The van der Waals surface area contributed by atoms with E-state index in [0.29, 0.717) is 19.1 Å². The van der Waals surface area contributed by atoms with Gasteiger partial charge in [-0.15, -0.1) is 0 Å². The third kappa shape index (κ3) is 7.95. The number of urea groups is 1. The molecule has 0 aliphatic rings. The van der Waals surface area contributed by atoms with E-state index in [1.54, 1.807) is 0 Å². The number of rotatable bonds is 9. The van der Waals surface area contributed by atoms with Gasteiger partial charge < -0.3 is 26.2 Å². The first kappa shape index (κ1) is 16.1. The summed E-state index contributed by atoms with van der Waals surface area (Å²) in [5.41, 5.74) is 0. The minimum Gasteiger partial charge on any atom is -0.394 e. The summed E-state index contributed by atoms with van der Waals surface area (Å²) in [4.78, 5) is 11.3. The van der Waals surface area contributed by atoms with Crippen molar-refractivity contribution in [2.24, 2.45) is 0 Å². The van der Waals surface area contributed by atoms with Crippen molar-refractivity contribution >= 4 is 6.03 Å². The van der Waals surface area contributed by atoms with Gasteiger partial charge in [-0.25, -0.2) is 4.79 Å². The lowest BCUT2D eigenvalue weighted by Gasteiger charge is -2.16. The van der Waals surface area contributed by atoms with Crippen LogP contribution in [0.25, 0.3) is 0 Å². The molecule has 0 bridgehead atoms. The first-order chi connectivity index (χ1) is 8.17. The van der Waals surface area contributed by atoms with E-state index in [1.807, 2.05) is 0 Å². The van der Waals surface area contributed by atoms with Gasteiger partial charge in [0.15, 0.2) is 0 Å². The Morgan fingerprint density at radius 1 is 1.06 bits per heavy atom. The monoisotopic (exact) mass is 247 g/mol. The maximum Gasteiger partial charge on any atom is 0.315 e. The van der Waals surface area contributed by atoms with Crippen LogP contribution in [0.2, 0.25) is 0 Å². The van der Waals surface area contributed by atoms with Gasteiger partial charge in [-0.05, 0) is 12.8 Å². The average molecular weight is 247 g/mol. The quantitative estimate of drug-likeness (QED) is 0.352. The Kier molecular flexibility index (Phi) is 9.80. The highest BCUT2D eigenvalue weighted by Crippen LogP contribution is 1.94. The summed E-state index contributed by atoms with van der Waals surface area (Å²) >= 11 is 0. The van der Waals surface area contributed by atoms with E-state index in [4.69, 9.17) is 10.2 Å². The summed E-state index contributed by atoms with van der Waals surface area (Å²) < 4.78 is 0. The molecule has 0 aromatic heterocycles. The lowest BCUT2D eigenvalue weighted by molar-refractivity contribution is 0.169. The second kappa shape index (κ2) is 10.3. The lowest BCUT2D eigenvalue weighted by Crippen LogP contribution is -2.47. The van der Waals surface area contributed by atoms with Crippen molar-refractivity contribution in [3.05, 3.63) is 0 Å². The molecule has 0 fully saturated rings. The summed E-state index contributed by atoms with van der Waals surface area (Å²) in [5, 5.41) is 26.0. The molecule has 6 heteroatoms. The topological polar surface area (TPSA) is 93.6 Å². The van der Waals surface area contributed by atoms with Crippen LogP contribution in [0, 0.1) is 0 Å². The maximum atomic E-state index is 11.3. The highest BCUT2D eigenvalue weighted by molar-refractivity contribution is 5.74. The zero-order chi connectivity index (χ0) is 13.1. The number of hydrogen-bond donors (Lipinski definition) is 5. The van der Waals surface area contributed by atoms with Gasteiger partial charge in [0, 0.05) is 19.1 Å². The molecular weight excluding hydrogens is 222 g/mol.